The fraction of sp³-hybridized carbons (Fsp3) is 0.333. The Morgan fingerprint density at radius 2 is 1.86 bits per heavy atom. The molecule has 0 bridgehead atoms. The van der Waals surface area contributed by atoms with E-state index in [0.29, 0.717) is 5.92 Å². The minimum atomic E-state index is -3.70. The van der Waals surface area contributed by atoms with Crippen molar-refractivity contribution < 1.29 is 8.42 Å². The van der Waals surface area contributed by atoms with Crippen LogP contribution in [-0.4, -0.2) is 8.42 Å². The van der Waals surface area contributed by atoms with Gasteiger partial charge in [0.1, 0.15) is 4.90 Å². The molecule has 14 heavy (non-hydrogen) atoms. The van der Waals surface area contributed by atoms with Gasteiger partial charge < -0.3 is 5.73 Å². The van der Waals surface area contributed by atoms with Crippen LogP contribution >= 0.6 is 0 Å². The van der Waals surface area contributed by atoms with Gasteiger partial charge in [-0.05, 0) is 23.6 Å². The van der Waals surface area contributed by atoms with Crippen molar-refractivity contribution >= 4 is 15.7 Å². The zero-order valence-electron chi connectivity index (χ0n) is 8.19. The number of nitrogen functional groups attached to an aromatic ring is 1. The SMILES string of the molecule is CC(C)c1ccc(S(N)(=O)=O)c(N)c1. The van der Waals surface area contributed by atoms with Crippen LogP contribution in [0.5, 0.6) is 0 Å². The molecule has 5 heteroatoms. The highest BCUT2D eigenvalue weighted by Crippen LogP contribution is 2.22. The summed E-state index contributed by atoms with van der Waals surface area (Å²) in [5.41, 5.74) is 6.79. The van der Waals surface area contributed by atoms with Crippen LogP contribution in [0.4, 0.5) is 5.69 Å². The van der Waals surface area contributed by atoms with Gasteiger partial charge in [0.15, 0.2) is 0 Å². The van der Waals surface area contributed by atoms with E-state index >= 15 is 0 Å². The Kier molecular flexibility index (Phi) is 2.82. The summed E-state index contributed by atoms with van der Waals surface area (Å²) in [6.07, 6.45) is 0. The van der Waals surface area contributed by atoms with Crippen LogP contribution in [0.2, 0.25) is 0 Å². The van der Waals surface area contributed by atoms with E-state index < -0.39 is 10.0 Å². The maximum absolute atomic E-state index is 11.0. The van der Waals surface area contributed by atoms with Crippen LogP contribution in [0.1, 0.15) is 25.3 Å². The molecule has 4 N–H and O–H groups in total. The number of anilines is 1. The summed E-state index contributed by atoms with van der Waals surface area (Å²) in [5.74, 6) is 0.312. The van der Waals surface area contributed by atoms with Crippen molar-refractivity contribution in [2.24, 2.45) is 5.14 Å². The standard InChI is InChI=1S/C9H14N2O2S/c1-6(2)7-3-4-9(8(10)5-7)14(11,12)13/h3-6H,10H2,1-2H3,(H2,11,12,13). The molecule has 0 aliphatic rings. The van der Waals surface area contributed by atoms with Gasteiger partial charge in [-0.2, -0.15) is 0 Å². The molecule has 0 aliphatic heterocycles. The Hall–Kier alpha value is -1.07. The van der Waals surface area contributed by atoms with Crippen LogP contribution in [0.25, 0.3) is 0 Å². The van der Waals surface area contributed by atoms with E-state index in [2.05, 4.69) is 0 Å². The maximum Gasteiger partial charge on any atom is 0.240 e. The van der Waals surface area contributed by atoms with Crippen molar-refractivity contribution in [3.63, 3.8) is 0 Å². The van der Waals surface area contributed by atoms with E-state index in [1.54, 1.807) is 12.1 Å². The van der Waals surface area contributed by atoms with Gasteiger partial charge in [0.05, 0.1) is 5.69 Å². The summed E-state index contributed by atoms with van der Waals surface area (Å²) < 4.78 is 22.1. The second-order valence-corrected chi connectivity index (χ2v) is 5.03. The van der Waals surface area contributed by atoms with E-state index in [4.69, 9.17) is 10.9 Å². The smallest absolute Gasteiger partial charge is 0.240 e. The van der Waals surface area contributed by atoms with Crippen molar-refractivity contribution in [1.29, 1.82) is 0 Å². The molecule has 1 aromatic carbocycles. The number of hydrogen-bond donors (Lipinski definition) is 2. The first-order chi connectivity index (χ1) is 6.32. The van der Waals surface area contributed by atoms with Crippen molar-refractivity contribution in [2.75, 3.05) is 5.73 Å². The summed E-state index contributed by atoms with van der Waals surface area (Å²) in [6, 6.07) is 4.81. The highest BCUT2D eigenvalue weighted by molar-refractivity contribution is 7.89. The summed E-state index contributed by atoms with van der Waals surface area (Å²) in [5, 5.41) is 4.98. The summed E-state index contributed by atoms with van der Waals surface area (Å²) >= 11 is 0. The second kappa shape index (κ2) is 3.59. The van der Waals surface area contributed by atoms with Crippen molar-refractivity contribution in [3.05, 3.63) is 23.8 Å². The third-order valence-corrected chi connectivity index (χ3v) is 2.99. The average Bonchev–Trinajstić information content (AvgIpc) is 2.01. The van der Waals surface area contributed by atoms with Gasteiger partial charge in [0.25, 0.3) is 0 Å². The lowest BCUT2D eigenvalue weighted by Crippen LogP contribution is -2.14. The number of rotatable bonds is 2. The van der Waals surface area contributed by atoms with Gasteiger partial charge in [-0.25, -0.2) is 13.6 Å². The molecule has 4 nitrogen and oxygen atoms in total. The lowest BCUT2D eigenvalue weighted by atomic mass is 10.0. The molecule has 0 fully saturated rings. The molecule has 0 aromatic heterocycles. The molecule has 1 rings (SSSR count). The first kappa shape index (κ1) is 11.0. The minimum absolute atomic E-state index is 0.0121. The zero-order chi connectivity index (χ0) is 10.9. The van der Waals surface area contributed by atoms with Crippen LogP contribution < -0.4 is 10.9 Å². The molecular weight excluding hydrogens is 200 g/mol. The molecule has 0 spiro atoms. The van der Waals surface area contributed by atoms with E-state index in [9.17, 15) is 8.42 Å². The van der Waals surface area contributed by atoms with Gasteiger partial charge >= 0.3 is 0 Å². The Labute approximate surface area is 84.0 Å². The molecule has 0 radical (unpaired) electrons. The second-order valence-electron chi connectivity index (χ2n) is 3.50. The Bertz CT molecular complexity index is 438. The predicted molar refractivity (Wildman–Crippen MR) is 56.3 cm³/mol. The van der Waals surface area contributed by atoms with Crippen molar-refractivity contribution in [3.8, 4) is 0 Å². The van der Waals surface area contributed by atoms with Crippen LogP contribution in [-0.2, 0) is 10.0 Å². The molecule has 0 atom stereocenters. The highest BCUT2D eigenvalue weighted by Gasteiger charge is 2.12. The van der Waals surface area contributed by atoms with Gasteiger partial charge in [-0.3, -0.25) is 0 Å². The zero-order valence-corrected chi connectivity index (χ0v) is 9.01. The first-order valence-electron chi connectivity index (χ1n) is 4.24. The Balaban J connectivity index is 3.28. The summed E-state index contributed by atoms with van der Waals surface area (Å²) in [7, 11) is -3.70. The average molecular weight is 214 g/mol. The van der Waals surface area contributed by atoms with Crippen LogP contribution in [0.15, 0.2) is 23.1 Å². The molecule has 0 heterocycles. The largest absolute Gasteiger partial charge is 0.398 e. The fourth-order valence-corrected chi connectivity index (χ4v) is 1.83. The minimum Gasteiger partial charge on any atom is -0.398 e. The summed E-state index contributed by atoms with van der Waals surface area (Å²) in [6.45, 7) is 4.01. The van der Waals surface area contributed by atoms with E-state index in [-0.39, 0.29) is 10.6 Å². The molecule has 0 amide bonds. The molecule has 0 aliphatic carbocycles. The number of hydrogen-bond acceptors (Lipinski definition) is 3. The normalized spacial score (nSPS) is 12.0. The topological polar surface area (TPSA) is 86.2 Å². The third-order valence-electron chi connectivity index (χ3n) is 2.01. The van der Waals surface area contributed by atoms with Gasteiger partial charge in [0, 0.05) is 0 Å². The third kappa shape index (κ3) is 2.24. The van der Waals surface area contributed by atoms with Crippen LogP contribution in [0, 0.1) is 0 Å². The first-order valence-corrected chi connectivity index (χ1v) is 5.79. The van der Waals surface area contributed by atoms with E-state index in [0.717, 1.165) is 5.56 Å². The fourth-order valence-electron chi connectivity index (χ4n) is 1.19. The van der Waals surface area contributed by atoms with Crippen LogP contribution in [0.3, 0.4) is 0 Å². The van der Waals surface area contributed by atoms with Crippen molar-refractivity contribution in [1.82, 2.24) is 0 Å². The monoisotopic (exact) mass is 214 g/mol. The van der Waals surface area contributed by atoms with Gasteiger partial charge in [-0.15, -0.1) is 0 Å². The maximum atomic E-state index is 11.0. The van der Waals surface area contributed by atoms with E-state index in [1.165, 1.54) is 6.07 Å². The number of primary sulfonamides is 1. The number of sulfonamides is 1. The molecule has 0 saturated carbocycles. The molecule has 0 saturated heterocycles. The Morgan fingerprint density at radius 3 is 2.21 bits per heavy atom. The van der Waals surface area contributed by atoms with Gasteiger partial charge in [-0.1, -0.05) is 19.9 Å². The molecule has 78 valence electrons. The van der Waals surface area contributed by atoms with E-state index in [1.807, 2.05) is 13.8 Å². The summed E-state index contributed by atoms with van der Waals surface area (Å²) in [4.78, 5) is -0.0121. The van der Waals surface area contributed by atoms with Gasteiger partial charge in [0.2, 0.25) is 10.0 Å². The number of benzene rings is 1. The molecule has 1 aromatic rings. The lowest BCUT2D eigenvalue weighted by molar-refractivity contribution is 0.598. The molecular formula is C9H14N2O2S. The lowest BCUT2D eigenvalue weighted by Gasteiger charge is -2.08. The Morgan fingerprint density at radius 1 is 1.29 bits per heavy atom. The highest BCUT2D eigenvalue weighted by atomic mass is 32.2. The van der Waals surface area contributed by atoms with Crippen molar-refractivity contribution in [2.45, 2.75) is 24.7 Å². The number of nitrogens with two attached hydrogens (primary N) is 2. The molecule has 0 unspecified atom stereocenters. The quantitative estimate of drug-likeness (QED) is 0.721. The predicted octanol–water partition coefficient (Wildman–Crippen LogP) is 1.04.